The first kappa shape index (κ1) is 23.9. The van der Waals surface area contributed by atoms with Gasteiger partial charge < -0.3 is 15.0 Å². The number of likely N-dealkylation sites (N-methyl/N-ethyl adjacent to an activating group) is 1. The lowest BCUT2D eigenvalue weighted by Crippen LogP contribution is -2.46. The van der Waals surface area contributed by atoms with Gasteiger partial charge in [0.05, 0.1) is 12.0 Å². The maximum atomic E-state index is 12.8. The Hall–Kier alpha value is -2.79. The molecule has 0 aromatic heterocycles. The van der Waals surface area contributed by atoms with E-state index in [4.69, 9.17) is 17.0 Å². The van der Waals surface area contributed by atoms with Crippen LogP contribution in [-0.4, -0.2) is 69.0 Å². The lowest BCUT2D eigenvalue weighted by molar-refractivity contribution is -0.115. The van der Waals surface area contributed by atoms with Crippen LogP contribution in [0.15, 0.2) is 59.5 Å². The van der Waals surface area contributed by atoms with Crippen LogP contribution in [0.3, 0.4) is 0 Å². The summed E-state index contributed by atoms with van der Waals surface area (Å²) in [5.74, 6) is 0.256. The van der Waals surface area contributed by atoms with E-state index < -0.39 is 15.9 Å². The van der Waals surface area contributed by atoms with Crippen molar-refractivity contribution in [1.82, 2.24) is 14.5 Å². The molecule has 170 valence electrons. The van der Waals surface area contributed by atoms with Gasteiger partial charge in [0.1, 0.15) is 5.75 Å². The number of thiocarbonyl (C=S) groups is 1. The highest BCUT2D eigenvalue weighted by Gasteiger charge is 2.27. The molecular formula is C22H26N4O4S2. The van der Waals surface area contributed by atoms with Crippen LogP contribution in [0.2, 0.25) is 0 Å². The van der Waals surface area contributed by atoms with E-state index in [1.165, 1.54) is 22.5 Å². The number of piperazine rings is 1. The number of rotatable bonds is 6. The number of para-hydroxylation sites is 1. The number of amides is 1. The zero-order valence-corrected chi connectivity index (χ0v) is 19.6. The lowest BCUT2D eigenvalue weighted by atomic mass is 10.2. The van der Waals surface area contributed by atoms with Crippen LogP contribution in [0.4, 0.5) is 5.69 Å². The van der Waals surface area contributed by atoms with Crippen molar-refractivity contribution in [3.63, 3.8) is 0 Å². The highest BCUT2D eigenvalue weighted by atomic mass is 32.2. The Balaban J connectivity index is 1.56. The quantitative estimate of drug-likeness (QED) is 0.490. The molecule has 0 saturated carbocycles. The fourth-order valence-corrected chi connectivity index (χ4v) is 4.81. The summed E-state index contributed by atoms with van der Waals surface area (Å²) in [6.45, 7) is 2.35. The number of hydrogen-bond donors (Lipinski definition) is 2. The molecule has 0 aliphatic carbocycles. The summed E-state index contributed by atoms with van der Waals surface area (Å²) in [5, 5.41) is 5.55. The summed E-state index contributed by atoms with van der Waals surface area (Å²) >= 11 is 5.18. The Morgan fingerprint density at radius 3 is 2.38 bits per heavy atom. The Morgan fingerprint density at radius 1 is 1.06 bits per heavy atom. The Kier molecular flexibility index (Phi) is 7.97. The molecule has 1 aliphatic heterocycles. The van der Waals surface area contributed by atoms with Gasteiger partial charge in [-0.1, -0.05) is 18.2 Å². The second-order valence-electron chi connectivity index (χ2n) is 7.25. The minimum atomic E-state index is -3.53. The van der Waals surface area contributed by atoms with Crippen molar-refractivity contribution in [2.75, 3.05) is 45.7 Å². The van der Waals surface area contributed by atoms with Gasteiger partial charge in [-0.2, -0.15) is 4.31 Å². The molecule has 32 heavy (non-hydrogen) atoms. The number of anilines is 1. The monoisotopic (exact) mass is 474 g/mol. The number of ether oxygens (including phenoxy) is 1. The number of methoxy groups -OCH3 is 1. The smallest absolute Gasteiger partial charge is 0.250 e. The maximum Gasteiger partial charge on any atom is 0.250 e. The van der Waals surface area contributed by atoms with E-state index in [0.717, 1.165) is 5.56 Å². The standard InChI is InChI=1S/C22H26N4O4S2/c1-25-13-15-26(16-14-25)32(28,29)19-10-8-18(9-11-19)23-22(31)24-21(27)12-7-17-5-3-4-6-20(17)30-2/h3-12H,13-16H2,1-2H3,(H2,23,24,27,31). The van der Waals surface area contributed by atoms with Crippen LogP contribution < -0.4 is 15.4 Å². The van der Waals surface area contributed by atoms with Gasteiger partial charge in [0.25, 0.3) is 0 Å². The van der Waals surface area contributed by atoms with Crippen LogP contribution in [0.1, 0.15) is 5.56 Å². The summed E-state index contributed by atoms with van der Waals surface area (Å²) in [5.41, 5.74) is 1.34. The number of carbonyl (C=O) groups is 1. The highest BCUT2D eigenvalue weighted by Crippen LogP contribution is 2.20. The summed E-state index contributed by atoms with van der Waals surface area (Å²) in [6.07, 6.45) is 2.99. The van der Waals surface area contributed by atoms with Gasteiger partial charge >= 0.3 is 0 Å². The van der Waals surface area contributed by atoms with E-state index in [1.807, 2.05) is 25.2 Å². The molecule has 0 atom stereocenters. The van der Waals surface area contributed by atoms with E-state index >= 15 is 0 Å². The summed E-state index contributed by atoms with van der Waals surface area (Å²) < 4.78 is 32.3. The molecular weight excluding hydrogens is 448 g/mol. The molecule has 2 N–H and O–H groups in total. The van der Waals surface area contributed by atoms with Gasteiger partial charge in [0.2, 0.25) is 15.9 Å². The van der Waals surface area contributed by atoms with Crippen molar-refractivity contribution in [3.05, 3.63) is 60.2 Å². The van der Waals surface area contributed by atoms with Crippen molar-refractivity contribution < 1.29 is 17.9 Å². The first-order chi connectivity index (χ1) is 15.3. The van der Waals surface area contributed by atoms with Gasteiger partial charge in [-0.05, 0) is 55.7 Å². The first-order valence-corrected chi connectivity index (χ1v) is 11.9. The maximum absolute atomic E-state index is 12.8. The van der Waals surface area contributed by atoms with E-state index in [0.29, 0.717) is 37.6 Å². The molecule has 0 radical (unpaired) electrons. The zero-order valence-electron chi connectivity index (χ0n) is 17.9. The van der Waals surface area contributed by atoms with E-state index in [1.54, 1.807) is 31.4 Å². The minimum Gasteiger partial charge on any atom is -0.496 e. The molecule has 0 bridgehead atoms. The highest BCUT2D eigenvalue weighted by molar-refractivity contribution is 7.89. The molecule has 2 aromatic carbocycles. The van der Waals surface area contributed by atoms with Crippen LogP contribution in [0, 0.1) is 0 Å². The lowest BCUT2D eigenvalue weighted by Gasteiger charge is -2.31. The topological polar surface area (TPSA) is 91.0 Å². The van der Waals surface area contributed by atoms with Gasteiger partial charge in [-0.25, -0.2) is 8.42 Å². The number of benzene rings is 2. The first-order valence-electron chi connectivity index (χ1n) is 10.0. The number of carbonyl (C=O) groups excluding carboxylic acids is 1. The molecule has 1 amide bonds. The molecule has 1 heterocycles. The minimum absolute atomic E-state index is 0.106. The van der Waals surface area contributed by atoms with Crippen molar-refractivity contribution >= 4 is 45.0 Å². The van der Waals surface area contributed by atoms with Crippen molar-refractivity contribution in [2.45, 2.75) is 4.90 Å². The van der Waals surface area contributed by atoms with Crippen LogP contribution in [0.5, 0.6) is 5.75 Å². The Morgan fingerprint density at radius 2 is 1.72 bits per heavy atom. The largest absolute Gasteiger partial charge is 0.496 e. The van der Waals surface area contributed by atoms with E-state index in [2.05, 4.69) is 15.5 Å². The molecule has 2 aromatic rings. The molecule has 3 rings (SSSR count). The summed E-state index contributed by atoms with van der Waals surface area (Å²) in [4.78, 5) is 14.5. The average Bonchev–Trinajstić information content (AvgIpc) is 2.78. The SMILES string of the molecule is COc1ccccc1C=CC(=O)NC(=S)Nc1ccc(S(=O)(=O)N2CCN(C)CC2)cc1. The van der Waals surface area contributed by atoms with Gasteiger partial charge in [-0.3, -0.25) is 10.1 Å². The molecule has 1 saturated heterocycles. The van der Waals surface area contributed by atoms with Gasteiger partial charge in [-0.15, -0.1) is 0 Å². The fraction of sp³-hybridized carbons (Fsp3) is 0.273. The van der Waals surface area contributed by atoms with Gasteiger partial charge in [0, 0.05) is 43.5 Å². The number of nitrogens with one attached hydrogen (secondary N) is 2. The van der Waals surface area contributed by atoms with E-state index in [9.17, 15) is 13.2 Å². The zero-order chi connectivity index (χ0) is 23.1. The predicted molar refractivity (Wildman–Crippen MR) is 129 cm³/mol. The van der Waals surface area contributed by atoms with Crippen LogP contribution in [-0.2, 0) is 14.8 Å². The van der Waals surface area contributed by atoms with Crippen molar-refractivity contribution in [3.8, 4) is 5.75 Å². The molecule has 0 unspecified atom stereocenters. The van der Waals surface area contributed by atoms with Crippen LogP contribution in [0.25, 0.3) is 6.08 Å². The average molecular weight is 475 g/mol. The summed E-state index contributed by atoms with van der Waals surface area (Å²) in [7, 11) is 0.00331. The fourth-order valence-electron chi connectivity index (χ4n) is 3.17. The van der Waals surface area contributed by atoms with Crippen molar-refractivity contribution in [1.29, 1.82) is 0 Å². The second kappa shape index (κ2) is 10.7. The Bertz CT molecular complexity index is 1090. The number of sulfonamides is 1. The normalized spacial score (nSPS) is 15.4. The predicted octanol–water partition coefficient (Wildman–Crippen LogP) is 2.16. The molecule has 10 heteroatoms. The third-order valence-electron chi connectivity index (χ3n) is 5.00. The van der Waals surface area contributed by atoms with E-state index in [-0.39, 0.29) is 10.0 Å². The van der Waals surface area contributed by atoms with Gasteiger partial charge in [0.15, 0.2) is 5.11 Å². The second-order valence-corrected chi connectivity index (χ2v) is 9.60. The number of nitrogens with zero attached hydrogens (tertiary/aromatic N) is 2. The summed E-state index contributed by atoms with van der Waals surface area (Å²) in [6, 6.07) is 13.6. The number of hydrogen-bond acceptors (Lipinski definition) is 6. The molecule has 0 spiro atoms. The molecule has 8 nitrogen and oxygen atoms in total. The third kappa shape index (κ3) is 6.13. The Labute approximate surface area is 193 Å². The molecule has 1 aliphatic rings. The molecule has 1 fully saturated rings. The third-order valence-corrected chi connectivity index (χ3v) is 7.12. The van der Waals surface area contributed by atoms with Crippen molar-refractivity contribution in [2.24, 2.45) is 0 Å². The van der Waals surface area contributed by atoms with Crippen LogP contribution >= 0.6 is 12.2 Å².